The minimum Gasteiger partial charge on any atom is -0.466 e. The van der Waals surface area contributed by atoms with Crippen LogP contribution in [-0.4, -0.2) is 37.9 Å². The largest absolute Gasteiger partial charge is 0.466 e. The van der Waals surface area contributed by atoms with E-state index < -0.39 is 5.97 Å². The monoisotopic (exact) mass is 223 g/mol. The van der Waals surface area contributed by atoms with Crippen molar-refractivity contribution in [3.05, 3.63) is 12.2 Å². The van der Waals surface area contributed by atoms with Crippen LogP contribution in [0.1, 0.15) is 12.8 Å². The Morgan fingerprint density at radius 3 is 3.19 bits per heavy atom. The molecular formula is C8H9N5O3. The lowest BCUT2D eigenvalue weighted by molar-refractivity contribution is -0.142. The maximum Gasteiger partial charge on any atom is 0.315 e. The zero-order valence-corrected chi connectivity index (χ0v) is 8.51. The SMILES string of the molecule is CCOC(=O)Cc1nc(-c2ncn[nH]2)no1. The van der Waals surface area contributed by atoms with Crippen LogP contribution >= 0.6 is 0 Å². The van der Waals surface area contributed by atoms with Crippen LogP contribution in [0.5, 0.6) is 0 Å². The molecule has 84 valence electrons. The van der Waals surface area contributed by atoms with E-state index in [1.165, 1.54) is 6.33 Å². The molecule has 16 heavy (non-hydrogen) atoms. The molecule has 0 saturated carbocycles. The lowest BCUT2D eigenvalue weighted by Gasteiger charge is -1.96. The number of aromatic amines is 1. The molecular weight excluding hydrogens is 214 g/mol. The summed E-state index contributed by atoms with van der Waals surface area (Å²) in [6, 6.07) is 0. The van der Waals surface area contributed by atoms with Gasteiger partial charge in [-0.15, -0.1) is 0 Å². The lowest BCUT2D eigenvalue weighted by atomic mass is 10.4. The van der Waals surface area contributed by atoms with Crippen LogP contribution in [0.2, 0.25) is 0 Å². The van der Waals surface area contributed by atoms with Crippen molar-refractivity contribution in [2.24, 2.45) is 0 Å². The molecule has 0 unspecified atom stereocenters. The molecule has 0 atom stereocenters. The Hall–Kier alpha value is -2.25. The van der Waals surface area contributed by atoms with E-state index in [0.29, 0.717) is 12.4 Å². The van der Waals surface area contributed by atoms with Crippen molar-refractivity contribution in [1.82, 2.24) is 25.3 Å². The summed E-state index contributed by atoms with van der Waals surface area (Å²) in [7, 11) is 0. The van der Waals surface area contributed by atoms with Gasteiger partial charge in [-0.2, -0.15) is 10.1 Å². The van der Waals surface area contributed by atoms with Gasteiger partial charge in [-0.05, 0) is 6.92 Å². The first-order valence-electron chi connectivity index (χ1n) is 4.63. The highest BCUT2D eigenvalue weighted by atomic mass is 16.5. The van der Waals surface area contributed by atoms with Crippen molar-refractivity contribution in [2.75, 3.05) is 6.61 Å². The van der Waals surface area contributed by atoms with Crippen molar-refractivity contribution in [1.29, 1.82) is 0 Å². The van der Waals surface area contributed by atoms with Crippen molar-refractivity contribution >= 4 is 5.97 Å². The molecule has 2 aromatic heterocycles. The van der Waals surface area contributed by atoms with Gasteiger partial charge in [0, 0.05) is 0 Å². The average molecular weight is 223 g/mol. The first-order valence-corrected chi connectivity index (χ1v) is 4.63. The van der Waals surface area contributed by atoms with E-state index in [0.717, 1.165) is 0 Å². The van der Waals surface area contributed by atoms with Gasteiger partial charge in [0.15, 0.2) is 5.82 Å². The topological polar surface area (TPSA) is 107 Å². The van der Waals surface area contributed by atoms with Crippen molar-refractivity contribution in [3.8, 4) is 11.6 Å². The number of rotatable bonds is 4. The second-order valence-corrected chi connectivity index (χ2v) is 2.83. The highest BCUT2D eigenvalue weighted by molar-refractivity contribution is 5.71. The van der Waals surface area contributed by atoms with Crippen LogP contribution in [0.25, 0.3) is 11.6 Å². The van der Waals surface area contributed by atoms with Gasteiger partial charge in [0.1, 0.15) is 12.7 Å². The molecule has 0 aliphatic rings. The smallest absolute Gasteiger partial charge is 0.315 e. The van der Waals surface area contributed by atoms with Gasteiger partial charge in [-0.25, -0.2) is 4.98 Å². The summed E-state index contributed by atoms with van der Waals surface area (Å²) in [5.41, 5.74) is 0. The molecule has 0 aliphatic heterocycles. The van der Waals surface area contributed by atoms with E-state index in [4.69, 9.17) is 9.26 Å². The zero-order chi connectivity index (χ0) is 11.4. The van der Waals surface area contributed by atoms with Crippen LogP contribution < -0.4 is 0 Å². The minimum absolute atomic E-state index is 0.0466. The average Bonchev–Trinajstić information content (AvgIpc) is 2.86. The standard InChI is InChI=1S/C8H9N5O3/c1-2-15-6(14)3-5-11-8(13-16-5)7-9-4-10-12-7/h4H,2-3H2,1H3,(H,9,10,12). The number of H-pyrrole nitrogens is 1. The molecule has 0 saturated heterocycles. The van der Waals surface area contributed by atoms with Gasteiger partial charge < -0.3 is 9.26 Å². The summed E-state index contributed by atoms with van der Waals surface area (Å²) in [6.45, 7) is 2.05. The van der Waals surface area contributed by atoms with Gasteiger partial charge >= 0.3 is 5.97 Å². The van der Waals surface area contributed by atoms with Gasteiger partial charge in [-0.3, -0.25) is 9.89 Å². The fraction of sp³-hybridized carbons (Fsp3) is 0.375. The highest BCUT2D eigenvalue weighted by Crippen LogP contribution is 2.09. The third-order valence-electron chi connectivity index (χ3n) is 1.70. The summed E-state index contributed by atoms with van der Waals surface area (Å²) >= 11 is 0. The molecule has 2 rings (SSSR count). The quantitative estimate of drug-likeness (QED) is 0.724. The Labute approximate surface area is 90.0 Å². The number of carbonyl (C=O) groups is 1. The summed E-state index contributed by atoms with van der Waals surface area (Å²) in [5.74, 6) is 0.427. The first-order chi connectivity index (χ1) is 7.79. The number of hydrogen-bond donors (Lipinski definition) is 1. The fourth-order valence-corrected chi connectivity index (χ4v) is 1.07. The molecule has 2 aromatic rings. The van der Waals surface area contributed by atoms with Gasteiger partial charge in [0.25, 0.3) is 0 Å². The normalized spacial score (nSPS) is 10.3. The third-order valence-corrected chi connectivity index (χ3v) is 1.70. The Morgan fingerprint density at radius 1 is 1.62 bits per heavy atom. The van der Waals surface area contributed by atoms with Crippen LogP contribution in [0, 0.1) is 0 Å². The maximum absolute atomic E-state index is 11.1. The van der Waals surface area contributed by atoms with Crippen molar-refractivity contribution in [3.63, 3.8) is 0 Å². The number of nitrogens with one attached hydrogen (secondary N) is 1. The second-order valence-electron chi connectivity index (χ2n) is 2.83. The molecule has 8 heteroatoms. The molecule has 0 aromatic carbocycles. The predicted octanol–water partition coefficient (Wildman–Crippen LogP) is -0.0397. The van der Waals surface area contributed by atoms with E-state index in [9.17, 15) is 4.79 Å². The van der Waals surface area contributed by atoms with E-state index in [-0.39, 0.29) is 18.1 Å². The molecule has 2 heterocycles. The molecule has 0 bridgehead atoms. The van der Waals surface area contributed by atoms with E-state index >= 15 is 0 Å². The lowest BCUT2D eigenvalue weighted by Crippen LogP contribution is -2.07. The van der Waals surface area contributed by atoms with Crippen LogP contribution in [-0.2, 0) is 16.0 Å². The Balaban J connectivity index is 2.06. The van der Waals surface area contributed by atoms with E-state index in [2.05, 4.69) is 25.3 Å². The van der Waals surface area contributed by atoms with Gasteiger partial charge in [-0.1, -0.05) is 5.16 Å². The van der Waals surface area contributed by atoms with Crippen molar-refractivity contribution < 1.29 is 14.1 Å². The Morgan fingerprint density at radius 2 is 2.50 bits per heavy atom. The minimum atomic E-state index is -0.407. The number of carbonyl (C=O) groups excluding carboxylic acids is 1. The first kappa shape index (κ1) is 10.3. The fourth-order valence-electron chi connectivity index (χ4n) is 1.07. The molecule has 0 fully saturated rings. The molecule has 0 aliphatic carbocycles. The summed E-state index contributed by atoms with van der Waals surface area (Å²) in [5, 5.41) is 9.88. The number of esters is 1. The Bertz CT molecular complexity index is 464. The molecule has 1 N–H and O–H groups in total. The van der Waals surface area contributed by atoms with Gasteiger partial charge in [0.05, 0.1) is 6.61 Å². The molecule has 0 amide bonds. The number of aromatic nitrogens is 5. The summed E-state index contributed by atoms with van der Waals surface area (Å²) < 4.78 is 9.60. The van der Waals surface area contributed by atoms with Crippen LogP contribution in [0.15, 0.2) is 10.9 Å². The van der Waals surface area contributed by atoms with E-state index in [1.807, 2.05) is 0 Å². The predicted molar refractivity (Wildman–Crippen MR) is 50.0 cm³/mol. The van der Waals surface area contributed by atoms with Gasteiger partial charge in [0.2, 0.25) is 11.7 Å². The maximum atomic E-state index is 11.1. The number of hydrogen-bond acceptors (Lipinski definition) is 7. The molecule has 0 spiro atoms. The summed E-state index contributed by atoms with van der Waals surface area (Å²) in [6.07, 6.45) is 1.28. The van der Waals surface area contributed by atoms with Crippen LogP contribution in [0.3, 0.4) is 0 Å². The highest BCUT2D eigenvalue weighted by Gasteiger charge is 2.14. The number of nitrogens with zero attached hydrogens (tertiary/aromatic N) is 4. The summed E-state index contributed by atoms with van der Waals surface area (Å²) in [4.78, 5) is 18.9. The third kappa shape index (κ3) is 2.22. The van der Waals surface area contributed by atoms with Crippen LogP contribution in [0.4, 0.5) is 0 Å². The van der Waals surface area contributed by atoms with Crippen molar-refractivity contribution in [2.45, 2.75) is 13.3 Å². The van der Waals surface area contributed by atoms with E-state index in [1.54, 1.807) is 6.92 Å². The number of ether oxygens (including phenoxy) is 1. The Kier molecular flexibility index (Phi) is 2.90. The molecule has 0 radical (unpaired) electrons. The second kappa shape index (κ2) is 4.51. The zero-order valence-electron chi connectivity index (χ0n) is 8.51. The molecule has 8 nitrogen and oxygen atoms in total.